The summed E-state index contributed by atoms with van der Waals surface area (Å²) in [6, 6.07) is 11.6. The summed E-state index contributed by atoms with van der Waals surface area (Å²) in [6.45, 7) is 4.07. The number of nitrogens with zero attached hydrogens (tertiary/aromatic N) is 4. The van der Waals surface area contributed by atoms with Crippen molar-refractivity contribution < 1.29 is 4.74 Å². The number of benzene rings is 1. The Kier molecular flexibility index (Phi) is 3.46. The number of hydrogen-bond donors (Lipinski definition) is 0. The number of imidazole rings is 1. The molecule has 0 fully saturated rings. The zero-order valence-corrected chi connectivity index (χ0v) is 13.5. The van der Waals surface area contributed by atoms with Gasteiger partial charge >= 0.3 is 0 Å². The molecule has 0 saturated carbocycles. The van der Waals surface area contributed by atoms with E-state index in [1.807, 2.05) is 43.5 Å². The number of ether oxygens (including phenoxy) is 1. The van der Waals surface area contributed by atoms with Crippen LogP contribution in [0.25, 0.3) is 16.9 Å². The minimum atomic E-state index is 0.583. The first kappa shape index (κ1) is 14.4. The molecule has 0 bridgehead atoms. The molecule has 24 heavy (non-hydrogen) atoms. The lowest BCUT2D eigenvalue weighted by Gasteiger charge is -2.13. The second-order valence-electron chi connectivity index (χ2n) is 5.59. The van der Waals surface area contributed by atoms with Crippen LogP contribution in [0.15, 0.2) is 61.2 Å². The molecular formula is C19H16N4O. The van der Waals surface area contributed by atoms with E-state index in [0.717, 1.165) is 33.9 Å². The van der Waals surface area contributed by atoms with E-state index in [-0.39, 0.29) is 0 Å². The fourth-order valence-corrected chi connectivity index (χ4v) is 2.81. The van der Waals surface area contributed by atoms with E-state index in [1.165, 1.54) is 0 Å². The van der Waals surface area contributed by atoms with Crippen molar-refractivity contribution in [1.29, 1.82) is 0 Å². The maximum Gasteiger partial charge on any atom is 0.219 e. The Morgan fingerprint density at radius 3 is 2.67 bits per heavy atom. The second kappa shape index (κ2) is 5.77. The predicted molar refractivity (Wildman–Crippen MR) is 92.2 cm³/mol. The summed E-state index contributed by atoms with van der Waals surface area (Å²) >= 11 is 0. The first-order valence-electron chi connectivity index (χ1n) is 7.71. The van der Waals surface area contributed by atoms with Crippen LogP contribution in [0, 0.1) is 13.8 Å². The molecule has 3 aromatic heterocycles. The number of aromatic nitrogens is 4. The van der Waals surface area contributed by atoms with Gasteiger partial charge < -0.3 is 4.74 Å². The van der Waals surface area contributed by atoms with Gasteiger partial charge in [0.05, 0.1) is 17.6 Å². The molecule has 4 rings (SSSR count). The van der Waals surface area contributed by atoms with Crippen molar-refractivity contribution in [2.24, 2.45) is 0 Å². The average molecular weight is 316 g/mol. The molecule has 118 valence electrons. The molecule has 0 aliphatic heterocycles. The van der Waals surface area contributed by atoms with E-state index in [4.69, 9.17) is 4.74 Å². The number of aryl methyl sites for hydroxylation is 2. The van der Waals surface area contributed by atoms with Crippen LogP contribution in [0.5, 0.6) is 11.6 Å². The molecule has 1 aromatic carbocycles. The Labute approximate surface area is 139 Å². The lowest BCUT2D eigenvalue weighted by Crippen LogP contribution is -1.99. The van der Waals surface area contributed by atoms with E-state index >= 15 is 0 Å². The van der Waals surface area contributed by atoms with E-state index < -0.39 is 0 Å². The molecular weight excluding hydrogens is 300 g/mol. The van der Waals surface area contributed by atoms with Crippen molar-refractivity contribution in [3.05, 3.63) is 72.4 Å². The first-order valence-corrected chi connectivity index (χ1v) is 7.71. The van der Waals surface area contributed by atoms with Crippen LogP contribution in [-0.2, 0) is 0 Å². The van der Waals surface area contributed by atoms with Gasteiger partial charge in [0.2, 0.25) is 5.88 Å². The SMILES string of the molecule is Cc1cc(Oc2ccccn2)ccc1-c1c(C)ncc2nccn12. The lowest BCUT2D eigenvalue weighted by atomic mass is 10.0. The first-order chi connectivity index (χ1) is 11.7. The predicted octanol–water partition coefficient (Wildman–Crippen LogP) is 4.20. The molecule has 0 unspecified atom stereocenters. The third kappa shape index (κ3) is 2.50. The van der Waals surface area contributed by atoms with E-state index in [1.54, 1.807) is 18.6 Å². The maximum absolute atomic E-state index is 5.81. The minimum absolute atomic E-state index is 0.583. The fourth-order valence-electron chi connectivity index (χ4n) is 2.81. The van der Waals surface area contributed by atoms with Gasteiger partial charge in [0.1, 0.15) is 5.75 Å². The summed E-state index contributed by atoms with van der Waals surface area (Å²) < 4.78 is 7.87. The highest BCUT2D eigenvalue weighted by Crippen LogP contribution is 2.30. The van der Waals surface area contributed by atoms with Crippen LogP contribution >= 0.6 is 0 Å². The largest absolute Gasteiger partial charge is 0.439 e. The number of hydrogen-bond acceptors (Lipinski definition) is 4. The highest BCUT2D eigenvalue weighted by atomic mass is 16.5. The molecule has 0 aliphatic carbocycles. The Morgan fingerprint density at radius 1 is 0.958 bits per heavy atom. The second-order valence-corrected chi connectivity index (χ2v) is 5.59. The lowest BCUT2D eigenvalue weighted by molar-refractivity contribution is 0.462. The molecule has 4 aromatic rings. The zero-order chi connectivity index (χ0) is 16.5. The summed E-state index contributed by atoms with van der Waals surface area (Å²) in [6.07, 6.45) is 7.24. The van der Waals surface area contributed by atoms with Gasteiger partial charge in [-0.3, -0.25) is 9.38 Å². The van der Waals surface area contributed by atoms with Gasteiger partial charge in [-0.05, 0) is 43.7 Å². The van der Waals surface area contributed by atoms with Crippen molar-refractivity contribution >= 4 is 5.65 Å². The van der Waals surface area contributed by atoms with Gasteiger partial charge in [-0.1, -0.05) is 6.07 Å². The van der Waals surface area contributed by atoms with Gasteiger partial charge in [-0.25, -0.2) is 9.97 Å². The molecule has 0 saturated heterocycles. The number of fused-ring (bicyclic) bond motifs is 1. The average Bonchev–Trinajstić information content (AvgIpc) is 3.05. The third-order valence-corrected chi connectivity index (χ3v) is 3.94. The third-order valence-electron chi connectivity index (χ3n) is 3.94. The van der Waals surface area contributed by atoms with Crippen molar-refractivity contribution in [2.45, 2.75) is 13.8 Å². The standard InChI is InChI=1S/C19H16N4O/c1-13-11-15(24-18-5-3-4-8-21-18)6-7-16(13)19-14(2)22-12-17-20-9-10-23(17)19/h3-12H,1-2H3. The van der Waals surface area contributed by atoms with Crippen molar-refractivity contribution in [1.82, 2.24) is 19.4 Å². The summed E-state index contributed by atoms with van der Waals surface area (Å²) in [7, 11) is 0. The Bertz CT molecular complexity index is 1010. The molecule has 5 heteroatoms. The van der Waals surface area contributed by atoms with Crippen LogP contribution < -0.4 is 4.74 Å². The van der Waals surface area contributed by atoms with Crippen LogP contribution in [0.3, 0.4) is 0 Å². The monoisotopic (exact) mass is 316 g/mol. The smallest absolute Gasteiger partial charge is 0.219 e. The highest BCUT2D eigenvalue weighted by Gasteiger charge is 2.12. The summed E-state index contributed by atoms with van der Waals surface area (Å²) in [5, 5.41) is 0. The maximum atomic E-state index is 5.81. The topological polar surface area (TPSA) is 52.3 Å². The molecule has 0 N–H and O–H groups in total. The Hall–Kier alpha value is -3.21. The molecule has 0 atom stereocenters. The van der Waals surface area contributed by atoms with Crippen molar-refractivity contribution in [2.75, 3.05) is 0 Å². The number of rotatable bonds is 3. The molecule has 0 aliphatic rings. The van der Waals surface area contributed by atoms with Gasteiger partial charge in [-0.2, -0.15) is 0 Å². The summed E-state index contributed by atoms with van der Waals surface area (Å²) in [4.78, 5) is 13.0. The van der Waals surface area contributed by atoms with Crippen LogP contribution in [0.4, 0.5) is 0 Å². The Balaban J connectivity index is 1.77. The molecule has 0 amide bonds. The van der Waals surface area contributed by atoms with Crippen LogP contribution in [0.1, 0.15) is 11.3 Å². The molecule has 0 radical (unpaired) electrons. The summed E-state index contributed by atoms with van der Waals surface area (Å²) in [5.41, 5.74) is 5.06. The van der Waals surface area contributed by atoms with Crippen LogP contribution in [-0.4, -0.2) is 19.4 Å². The van der Waals surface area contributed by atoms with E-state index in [9.17, 15) is 0 Å². The van der Waals surface area contributed by atoms with Crippen LogP contribution in [0.2, 0.25) is 0 Å². The van der Waals surface area contributed by atoms with Crippen molar-refractivity contribution in [3.8, 4) is 22.9 Å². The quantitative estimate of drug-likeness (QED) is 0.568. The van der Waals surface area contributed by atoms with Gasteiger partial charge in [0, 0.05) is 30.2 Å². The van der Waals surface area contributed by atoms with Gasteiger partial charge in [-0.15, -0.1) is 0 Å². The van der Waals surface area contributed by atoms with Crippen molar-refractivity contribution in [3.63, 3.8) is 0 Å². The van der Waals surface area contributed by atoms with Gasteiger partial charge in [0.15, 0.2) is 5.65 Å². The molecule has 3 heterocycles. The normalized spacial score (nSPS) is 10.9. The minimum Gasteiger partial charge on any atom is -0.439 e. The fraction of sp³-hybridized carbons (Fsp3) is 0.105. The molecule has 5 nitrogen and oxygen atoms in total. The Morgan fingerprint density at radius 2 is 1.88 bits per heavy atom. The van der Waals surface area contributed by atoms with Gasteiger partial charge in [0.25, 0.3) is 0 Å². The highest BCUT2D eigenvalue weighted by molar-refractivity contribution is 5.69. The molecule has 0 spiro atoms. The summed E-state index contributed by atoms with van der Waals surface area (Å²) in [5.74, 6) is 1.34. The van der Waals surface area contributed by atoms with E-state index in [0.29, 0.717) is 5.88 Å². The zero-order valence-electron chi connectivity index (χ0n) is 13.5. The van der Waals surface area contributed by atoms with E-state index in [2.05, 4.69) is 32.3 Å². The number of pyridine rings is 1.